The first-order chi connectivity index (χ1) is 17.5. The molecule has 2 atom stereocenters. The molecule has 2 N–H and O–H groups in total. The molecule has 8 heteroatoms. The van der Waals surface area contributed by atoms with Crippen LogP contribution in [0.3, 0.4) is 0 Å². The van der Waals surface area contributed by atoms with Crippen molar-refractivity contribution in [2.24, 2.45) is 0 Å². The number of fused-ring (bicyclic) bond motifs is 1. The number of aliphatic hydroxyl groups is 1. The number of hydrogen-bond acceptors (Lipinski definition) is 6. The van der Waals surface area contributed by atoms with E-state index in [-0.39, 0.29) is 24.5 Å². The number of carbonyl (C=O) groups is 3. The Balaban J connectivity index is 1.27. The molecule has 1 aliphatic carbocycles. The van der Waals surface area contributed by atoms with Crippen molar-refractivity contribution in [3.05, 3.63) is 59.7 Å². The minimum atomic E-state index is -0.414. The third-order valence-corrected chi connectivity index (χ3v) is 6.73. The number of anilines is 1. The fourth-order valence-corrected chi connectivity index (χ4v) is 4.83. The zero-order chi connectivity index (χ0) is 25.3. The summed E-state index contributed by atoms with van der Waals surface area (Å²) in [6, 6.07) is 14.3. The Morgan fingerprint density at radius 1 is 1.06 bits per heavy atom. The monoisotopic (exact) mass is 494 g/mol. The van der Waals surface area contributed by atoms with Gasteiger partial charge in [0.15, 0.2) is 0 Å². The van der Waals surface area contributed by atoms with Crippen LogP contribution < -0.4 is 10.1 Å². The molecule has 1 saturated carbocycles. The second-order valence-electron chi connectivity index (χ2n) is 9.38. The normalized spacial score (nSPS) is 19.1. The molecule has 4 rings (SSSR count). The first-order valence-electron chi connectivity index (χ1n) is 12.7. The van der Waals surface area contributed by atoms with Crippen LogP contribution in [0.15, 0.2) is 48.5 Å². The number of hydrogen-bond donors (Lipinski definition) is 2. The van der Waals surface area contributed by atoms with Gasteiger partial charge in [-0.2, -0.15) is 0 Å². The van der Waals surface area contributed by atoms with Gasteiger partial charge in [-0.15, -0.1) is 0 Å². The Labute approximate surface area is 211 Å². The summed E-state index contributed by atoms with van der Waals surface area (Å²) >= 11 is 0. The Bertz CT molecular complexity index is 1060. The van der Waals surface area contributed by atoms with E-state index in [1.807, 2.05) is 24.3 Å². The van der Waals surface area contributed by atoms with E-state index < -0.39 is 12.1 Å². The summed E-state index contributed by atoms with van der Waals surface area (Å²) in [6.45, 7) is 0.793. The molecule has 0 saturated heterocycles. The SMILES string of the molecule is O=C1CCc2cc(OCCCC(=O)N(CCOC(=O)c3ccccc3)C3CCCC(O)C3)ccc2N1. The van der Waals surface area contributed by atoms with E-state index in [0.29, 0.717) is 50.8 Å². The maximum atomic E-state index is 13.1. The maximum Gasteiger partial charge on any atom is 0.338 e. The number of rotatable bonds is 10. The number of aliphatic hydroxyl groups excluding tert-OH is 1. The summed E-state index contributed by atoms with van der Waals surface area (Å²) < 4.78 is 11.3. The highest BCUT2D eigenvalue weighted by Gasteiger charge is 2.29. The highest BCUT2D eigenvalue weighted by molar-refractivity contribution is 5.94. The van der Waals surface area contributed by atoms with Gasteiger partial charge in [0.1, 0.15) is 12.4 Å². The Hall–Kier alpha value is -3.39. The number of nitrogens with one attached hydrogen (secondary N) is 1. The van der Waals surface area contributed by atoms with Crippen molar-refractivity contribution in [3.8, 4) is 5.75 Å². The van der Waals surface area contributed by atoms with Crippen LogP contribution in [0, 0.1) is 0 Å². The van der Waals surface area contributed by atoms with Gasteiger partial charge >= 0.3 is 5.97 Å². The lowest BCUT2D eigenvalue weighted by molar-refractivity contribution is -0.136. The van der Waals surface area contributed by atoms with Gasteiger partial charge < -0.3 is 24.8 Å². The topological polar surface area (TPSA) is 105 Å². The molecule has 1 aliphatic heterocycles. The zero-order valence-corrected chi connectivity index (χ0v) is 20.5. The van der Waals surface area contributed by atoms with Crippen LogP contribution in [0.4, 0.5) is 5.69 Å². The Morgan fingerprint density at radius 2 is 1.89 bits per heavy atom. The summed E-state index contributed by atoms with van der Waals surface area (Å²) in [5.41, 5.74) is 2.35. The molecule has 0 radical (unpaired) electrons. The predicted molar refractivity (Wildman–Crippen MR) is 135 cm³/mol. The quantitative estimate of drug-likeness (QED) is 0.385. The molecule has 2 amide bonds. The molecule has 0 spiro atoms. The van der Waals surface area contributed by atoms with E-state index in [9.17, 15) is 19.5 Å². The van der Waals surface area contributed by atoms with E-state index in [1.54, 1.807) is 29.2 Å². The Kier molecular flexibility index (Phi) is 8.95. The van der Waals surface area contributed by atoms with E-state index in [0.717, 1.165) is 36.3 Å². The summed E-state index contributed by atoms with van der Waals surface area (Å²) in [5, 5.41) is 13.0. The van der Waals surface area contributed by atoms with E-state index in [1.165, 1.54) is 0 Å². The number of nitrogens with zero attached hydrogens (tertiary/aromatic N) is 1. The highest BCUT2D eigenvalue weighted by atomic mass is 16.5. The van der Waals surface area contributed by atoms with Gasteiger partial charge in [-0.05, 0) is 74.4 Å². The molecular weight excluding hydrogens is 460 g/mol. The Morgan fingerprint density at radius 3 is 2.69 bits per heavy atom. The van der Waals surface area contributed by atoms with Crippen molar-refractivity contribution in [1.29, 1.82) is 0 Å². The number of ether oxygens (including phenoxy) is 2. The molecule has 0 aromatic heterocycles. The summed E-state index contributed by atoms with van der Waals surface area (Å²) in [4.78, 5) is 38.7. The number of benzene rings is 2. The number of carbonyl (C=O) groups excluding carboxylic acids is 3. The lowest BCUT2D eigenvalue weighted by Gasteiger charge is -2.36. The molecule has 36 heavy (non-hydrogen) atoms. The highest BCUT2D eigenvalue weighted by Crippen LogP contribution is 2.27. The van der Waals surface area contributed by atoms with Gasteiger partial charge in [0, 0.05) is 24.6 Å². The molecule has 1 heterocycles. The smallest absolute Gasteiger partial charge is 0.338 e. The standard InChI is InChI=1S/C28H34N2O6/c31-23-9-4-8-22(19-23)30(15-17-36-28(34)20-6-2-1-3-7-20)27(33)10-5-16-35-24-12-13-25-21(18-24)11-14-26(32)29-25/h1-3,6-7,12-13,18,22-23,31H,4-5,8-11,14-17,19H2,(H,29,32). The molecule has 2 aliphatic rings. The second-order valence-corrected chi connectivity index (χ2v) is 9.38. The summed E-state index contributed by atoms with van der Waals surface area (Å²) in [6.07, 6.45) is 4.58. The van der Waals surface area contributed by atoms with Crippen molar-refractivity contribution < 1.29 is 29.0 Å². The van der Waals surface area contributed by atoms with Gasteiger partial charge in [0.25, 0.3) is 0 Å². The van der Waals surface area contributed by atoms with Crippen LogP contribution in [-0.2, 0) is 20.7 Å². The average molecular weight is 495 g/mol. The number of amides is 2. The largest absolute Gasteiger partial charge is 0.494 e. The molecular formula is C28H34N2O6. The van der Waals surface area contributed by atoms with E-state index in [2.05, 4.69) is 5.32 Å². The molecule has 2 aromatic carbocycles. The zero-order valence-electron chi connectivity index (χ0n) is 20.5. The van der Waals surface area contributed by atoms with Crippen molar-refractivity contribution in [1.82, 2.24) is 4.90 Å². The first-order valence-corrected chi connectivity index (χ1v) is 12.7. The van der Waals surface area contributed by atoms with Gasteiger partial charge in [0.05, 0.1) is 24.8 Å². The summed E-state index contributed by atoms with van der Waals surface area (Å²) in [5.74, 6) is 0.309. The van der Waals surface area contributed by atoms with Crippen molar-refractivity contribution >= 4 is 23.5 Å². The van der Waals surface area contributed by atoms with Crippen molar-refractivity contribution in [3.63, 3.8) is 0 Å². The average Bonchev–Trinajstić information content (AvgIpc) is 2.89. The molecule has 2 aromatic rings. The van der Waals surface area contributed by atoms with Crippen LogP contribution in [0.5, 0.6) is 5.75 Å². The minimum absolute atomic E-state index is 0.0263. The molecule has 8 nitrogen and oxygen atoms in total. The lowest BCUT2D eigenvalue weighted by atomic mass is 9.91. The van der Waals surface area contributed by atoms with Gasteiger partial charge in [0.2, 0.25) is 11.8 Å². The second kappa shape index (κ2) is 12.5. The predicted octanol–water partition coefficient (Wildman–Crippen LogP) is 3.72. The fourth-order valence-electron chi connectivity index (χ4n) is 4.83. The van der Waals surface area contributed by atoms with Crippen LogP contribution in [0.25, 0.3) is 0 Å². The van der Waals surface area contributed by atoms with Gasteiger partial charge in [-0.1, -0.05) is 18.2 Å². The van der Waals surface area contributed by atoms with E-state index >= 15 is 0 Å². The number of aryl methyl sites for hydroxylation is 1. The van der Waals surface area contributed by atoms with E-state index in [4.69, 9.17) is 9.47 Å². The van der Waals surface area contributed by atoms with Crippen molar-refractivity contribution in [2.75, 3.05) is 25.1 Å². The van der Waals surface area contributed by atoms with Crippen LogP contribution >= 0.6 is 0 Å². The number of esters is 1. The first kappa shape index (κ1) is 25.7. The van der Waals surface area contributed by atoms with Crippen LogP contribution in [-0.4, -0.2) is 59.7 Å². The fraction of sp³-hybridized carbons (Fsp3) is 0.464. The third-order valence-electron chi connectivity index (χ3n) is 6.73. The van der Waals surface area contributed by atoms with Gasteiger partial charge in [-0.25, -0.2) is 4.79 Å². The third kappa shape index (κ3) is 7.07. The minimum Gasteiger partial charge on any atom is -0.494 e. The van der Waals surface area contributed by atoms with Gasteiger partial charge in [-0.3, -0.25) is 9.59 Å². The molecule has 1 fully saturated rings. The van der Waals surface area contributed by atoms with Crippen LogP contribution in [0.2, 0.25) is 0 Å². The summed E-state index contributed by atoms with van der Waals surface area (Å²) in [7, 11) is 0. The molecule has 192 valence electrons. The lowest BCUT2D eigenvalue weighted by Crippen LogP contribution is -2.45. The maximum absolute atomic E-state index is 13.1. The molecule has 2 unspecified atom stereocenters. The van der Waals surface area contributed by atoms with Crippen molar-refractivity contribution in [2.45, 2.75) is 63.5 Å². The van der Waals surface area contributed by atoms with Crippen LogP contribution in [0.1, 0.15) is 60.9 Å². The molecule has 0 bridgehead atoms.